The van der Waals surface area contributed by atoms with E-state index in [0.29, 0.717) is 11.1 Å². The predicted octanol–water partition coefficient (Wildman–Crippen LogP) is 1.89. The molecular formula is C22H20N2O7. The number of carbonyl (C=O) groups is 3. The first-order chi connectivity index (χ1) is 14.9. The number of phenols is 1. The van der Waals surface area contributed by atoms with E-state index < -0.39 is 23.4 Å². The third kappa shape index (κ3) is 4.59. The molecule has 9 heteroatoms. The first kappa shape index (κ1) is 21.6. The van der Waals surface area contributed by atoms with Crippen LogP contribution >= 0.6 is 0 Å². The number of fused-ring (bicyclic) bond motifs is 1. The van der Waals surface area contributed by atoms with Gasteiger partial charge in [-0.1, -0.05) is 6.08 Å². The summed E-state index contributed by atoms with van der Waals surface area (Å²) in [7, 11) is 1.32. The van der Waals surface area contributed by atoms with Crippen molar-refractivity contribution < 1.29 is 33.7 Å². The largest absolute Gasteiger partial charge is 0.507 e. The molecule has 1 atom stereocenters. The molecular weight excluding hydrogens is 404 g/mol. The highest BCUT2D eigenvalue weighted by Crippen LogP contribution is 2.35. The average Bonchev–Trinajstić information content (AvgIpc) is 3.06. The van der Waals surface area contributed by atoms with Crippen LogP contribution in [-0.4, -0.2) is 54.5 Å². The van der Waals surface area contributed by atoms with Crippen molar-refractivity contribution in [1.82, 2.24) is 4.90 Å². The van der Waals surface area contributed by atoms with Crippen LogP contribution in [0.25, 0.3) is 0 Å². The number of aromatic hydroxyl groups is 1. The molecule has 0 aromatic heterocycles. The van der Waals surface area contributed by atoms with Crippen molar-refractivity contribution in [1.29, 1.82) is 5.26 Å². The average molecular weight is 424 g/mol. The number of Topliss-reactive ketones (excluding diaryl/α,β-unsaturated/α-hetero) is 1. The highest BCUT2D eigenvalue weighted by Gasteiger charge is 2.34. The second-order valence-corrected chi connectivity index (χ2v) is 6.68. The SMILES string of the molecule is CCOC(=O)COc1cc(O)c(C(=O)CN2C=C3C=C(C#N)C=CC3C2=O)c(OC)c1. The highest BCUT2D eigenvalue weighted by molar-refractivity contribution is 6.05. The monoisotopic (exact) mass is 424 g/mol. The predicted molar refractivity (Wildman–Crippen MR) is 107 cm³/mol. The maximum absolute atomic E-state index is 12.9. The van der Waals surface area contributed by atoms with E-state index in [1.54, 1.807) is 25.2 Å². The fraction of sp³-hybridized carbons (Fsp3) is 0.273. The number of ketones is 1. The molecule has 0 radical (unpaired) electrons. The van der Waals surface area contributed by atoms with E-state index >= 15 is 0 Å². The topological polar surface area (TPSA) is 126 Å². The summed E-state index contributed by atoms with van der Waals surface area (Å²) in [5.41, 5.74) is 0.924. The van der Waals surface area contributed by atoms with Gasteiger partial charge in [0, 0.05) is 18.3 Å². The zero-order valence-corrected chi connectivity index (χ0v) is 17.0. The third-order valence-electron chi connectivity index (χ3n) is 4.66. The second-order valence-electron chi connectivity index (χ2n) is 6.68. The van der Waals surface area contributed by atoms with Crippen molar-refractivity contribution >= 4 is 17.7 Å². The number of ether oxygens (including phenoxy) is 3. The number of benzene rings is 1. The van der Waals surface area contributed by atoms with Crippen LogP contribution in [0.5, 0.6) is 17.2 Å². The molecule has 1 unspecified atom stereocenters. The minimum atomic E-state index is -0.578. The maximum Gasteiger partial charge on any atom is 0.344 e. The van der Waals surface area contributed by atoms with Crippen LogP contribution in [0.4, 0.5) is 0 Å². The van der Waals surface area contributed by atoms with Crippen molar-refractivity contribution in [2.45, 2.75) is 6.92 Å². The van der Waals surface area contributed by atoms with Gasteiger partial charge in [0.25, 0.3) is 0 Å². The van der Waals surface area contributed by atoms with Gasteiger partial charge in [-0.05, 0) is 24.6 Å². The van der Waals surface area contributed by atoms with Gasteiger partial charge in [0.05, 0.1) is 37.8 Å². The maximum atomic E-state index is 12.9. The van der Waals surface area contributed by atoms with Gasteiger partial charge < -0.3 is 24.2 Å². The van der Waals surface area contributed by atoms with Crippen LogP contribution in [0.3, 0.4) is 0 Å². The van der Waals surface area contributed by atoms with E-state index in [9.17, 15) is 19.5 Å². The van der Waals surface area contributed by atoms with E-state index in [1.165, 1.54) is 30.3 Å². The summed E-state index contributed by atoms with van der Waals surface area (Å²) >= 11 is 0. The summed E-state index contributed by atoms with van der Waals surface area (Å²) < 4.78 is 15.2. The van der Waals surface area contributed by atoms with Crippen LogP contribution < -0.4 is 9.47 Å². The van der Waals surface area contributed by atoms with Gasteiger partial charge in [-0.25, -0.2) is 4.79 Å². The molecule has 0 spiro atoms. The fourth-order valence-corrected chi connectivity index (χ4v) is 3.27. The molecule has 3 rings (SSSR count). The molecule has 2 aliphatic rings. The molecule has 1 heterocycles. The van der Waals surface area contributed by atoms with E-state index in [4.69, 9.17) is 19.5 Å². The Balaban J connectivity index is 1.77. The lowest BCUT2D eigenvalue weighted by Crippen LogP contribution is -2.31. The Morgan fingerprint density at radius 2 is 2.10 bits per heavy atom. The summed E-state index contributed by atoms with van der Waals surface area (Å²) in [6.07, 6.45) is 6.30. The highest BCUT2D eigenvalue weighted by atomic mass is 16.6. The summed E-state index contributed by atoms with van der Waals surface area (Å²) in [6.45, 7) is 1.18. The Morgan fingerprint density at radius 1 is 1.32 bits per heavy atom. The molecule has 160 valence electrons. The summed E-state index contributed by atoms with van der Waals surface area (Å²) in [5, 5.41) is 19.4. The Labute approximate surface area is 178 Å². The summed E-state index contributed by atoms with van der Waals surface area (Å²) in [5.74, 6) is -2.24. The number of esters is 1. The smallest absolute Gasteiger partial charge is 0.344 e. The van der Waals surface area contributed by atoms with Gasteiger partial charge in [-0.2, -0.15) is 5.26 Å². The quantitative estimate of drug-likeness (QED) is 0.495. The number of allylic oxidation sites excluding steroid dienone is 3. The summed E-state index contributed by atoms with van der Waals surface area (Å²) in [6, 6.07) is 4.56. The van der Waals surface area contributed by atoms with Gasteiger partial charge in [-0.3, -0.25) is 9.59 Å². The molecule has 0 saturated carbocycles. The normalized spacial score (nSPS) is 16.7. The van der Waals surface area contributed by atoms with Crippen molar-refractivity contribution in [3.63, 3.8) is 0 Å². The van der Waals surface area contributed by atoms with Crippen molar-refractivity contribution in [2.75, 3.05) is 26.9 Å². The molecule has 0 saturated heterocycles. The number of phenolic OH excluding ortho intramolecular Hbond substituents is 1. The standard InChI is InChI=1S/C22H20N2O7/c1-3-30-20(27)12-31-15-7-17(25)21(19(8-15)29-2)18(26)11-24-10-14-6-13(9-23)4-5-16(14)22(24)28/h4-8,10,16,25H,3,11-12H2,1-2H3. The number of methoxy groups -OCH3 is 1. The van der Waals surface area contributed by atoms with E-state index in [2.05, 4.69) is 0 Å². The van der Waals surface area contributed by atoms with Crippen LogP contribution in [0.15, 0.2) is 47.7 Å². The zero-order valence-electron chi connectivity index (χ0n) is 17.0. The van der Waals surface area contributed by atoms with Crippen LogP contribution in [0.2, 0.25) is 0 Å². The molecule has 1 amide bonds. The zero-order chi connectivity index (χ0) is 22.5. The minimum absolute atomic E-state index is 0.0344. The van der Waals surface area contributed by atoms with Gasteiger partial charge in [0.15, 0.2) is 12.4 Å². The number of hydrogen-bond acceptors (Lipinski definition) is 8. The van der Waals surface area contributed by atoms with Crippen LogP contribution in [0.1, 0.15) is 17.3 Å². The van der Waals surface area contributed by atoms with E-state index in [1.807, 2.05) is 6.07 Å². The number of amides is 1. The first-order valence-electron chi connectivity index (χ1n) is 9.42. The van der Waals surface area contributed by atoms with Gasteiger partial charge in [0.2, 0.25) is 5.91 Å². The van der Waals surface area contributed by atoms with Crippen molar-refractivity contribution in [3.05, 3.63) is 53.3 Å². The van der Waals surface area contributed by atoms with E-state index in [-0.39, 0.29) is 42.7 Å². The Morgan fingerprint density at radius 3 is 2.77 bits per heavy atom. The molecule has 1 N–H and O–H groups in total. The lowest BCUT2D eigenvalue weighted by molar-refractivity contribution is -0.145. The van der Waals surface area contributed by atoms with Crippen molar-refractivity contribution in [3.8, 4) is 23.3 Å². The van der Waals surface area contributed by atoms with Gasteiger partial charge >= 0.3 is 5.97 Å². The first-order valence-corrected chi connectivity index (χ1v) is 9.42. The molecule has 31 heavy (non-hydrogen) atoms. The van der Waals surface area contributed by atoms with Crippen LogP contribution in [-0.2, 0) is 14.3 Å². The molecule has 0 bridgehead atoms. The fourth-order valence-electron chi connectivity index (χ4n) is 3.27. The minimum Gasteiger partial charge on any atom is -0.507 e. The number of hydrogen-bond donors (Lipinski definition) is 1. The van der Waals surface area contributed by atoms with Gasteiger partial charge in [-0.15, -0.1) is 0 Å². The molecule has 1 aliphatic carbocycles. The number of nitrogens with zero attached hydrogens (tertiary/aromatic N) is 2. The molecule has 1 aromatic carbocycles. The second kappa shape index (κ2) is 9.17. The van der Waals surface area contributed by atoms with E-state index in [0.717, 1.165) is 0 Å². The van der Waals surface area contributed by atoms with Gasteiger partial charge in [0.1, 0.15) is 22.8 Å². The third-order valence-corrected chi connectivity index (χ3v) is 4.66. The Kier molecular flexibility index (Phi) is 6.40. The van der Waals surface area contributed by atoms with Crippen LogP contribution in [0, 0.1) is 17.2 Å². The lowest BCUT2D eigenvalue weighted by atomic mass is 9.94. The molecule has 0 fully saturated rings. The number of rotatable bonds is 8. The molecule has 9 nitrogen and oxygen atoms in total. The number of nitriles is 1. The summed E-state index contributed by atoms with van der Waals surface area (Å²) in [4.78, 5) is 38.2. The number of carbonyl (C=O) groups excluding carboxylic acids is 3. The molecule has 1 aromatic rings. The Bertz CT molecular complexity index is 1060. The van der Waals surface area contributed by atoms with Crippen molar-refractivity contribution in [2.24, 2.45) is 5.92 Å². The Hall–Kier alpha value is -4.06. The lowest BCUT2D eigenvalue weighted by Gasteiger charge is -2.17. The molecule has 1 aliphatic heterocycles.